The Morgan fingerprint density at radius 2 is 1.69 bits per heavy atom. The average molecular weight is 397 g/mol. The molecule has 1 N–H and O–H groups in total. The van der Waals surface area contributed by atoms with Gasteiger partial charge in [-0.2, -0.15) is 0 Å². The molecule has 2 aromatic carbocycles. The minimum atomic E-state index is -0.537. The Balaban J connectivity index is 2.23. The van der Waals surface area contributed by atoms with Crippen molar-refractivity contribution in [3.8, 4) is 5.75 Å². The van der Waals surface area contributed by atoms with E-state index >= 15 is 0 Å². The molecular weight excluding hydrogens is 364 g/mol. The van der Waals surface area contributed by atoms with Crippen LogP contribution in [-0.4, -0.2) is 35.9 Å². The number of amides is 2. The number of hydrogen-bond donors (Lipinski definition) is 1. The first-order valence-electron chi connectivity index (χ1n) is 10.2. The van der Waals surface area contributed by atoms with Crippen LogP contribution >= 0.6 is 0 Å². The van der Waals surface area contributed by atoms with Crippen LogP contribution in [0.3, 0.4) is 0 Å². The molecule has 1 atom stereocenters. The number of rotatable bonds is 9. The first-order chi connectivity index (χ1) is 13.8. The fourth-order valence-electron chi connectivity index (χ4n) is 3.43. The van der Waals surface area contributed by atoms with Gasteiger partial charge in [-0.15, -0.1) is 0 Å². The number of carbonyl (C=O) groups excluding carboxylic acids is 2. The van der Waals surface area contributed by atoms with E-state index in [0.29, 0.717) is 25.3 Å². The number of ether oxygens (including phenoxy) is 1. The van der Waals surface area contributed by atoms with Gasteiger partial charge in [0, 0.05) is 13.1 Å². The number of carbonyl (C=O) groups is 2. The van der Waals surface area contributed by atoms with Crippen molar-refractivity contribution in [2.75, 3.05) is 13.2 Å². The number of likely N-dealkylation sites (N-methyl/N-ethyl adjacent to an activating group) is 1. The van der Waals surface area contributed by atoms with E-state index in [1.807, 2.05) is 71.0 Å². The zero-order valence-electron chi connectivity index (χ0n) is 18.1. The maximum Gasteiger partial charge on any atom is 0.261 e. The Hall–Kier alpha value is -2.82. The molecule has 2 amide bonds. The maximum atomic E-state index is 13.1. The van der Waals surface area contributed by atoms with Crippen LogP contribution in [0.15, 0.2) is 42.5 Å². The summed E-state index contributed by atoms with van der Waals surface area (Å²) in [5.41, 5.74) is 4.28. The number of nitrogens with one attached hydrogen (secondary N) is 1. The van der Waals surface area contributed by atoms with Crippen LogP contribution in [0.5, 0.6) is 5.75 Å². The first kappa shape index (κ1) is 22.5. The van der Waals surface area contributed by atoms with Crippen LogP contribution in [0.1, 0.15) is 42.5 Å². The van der Waals surface area contributed by atoms with Crippen LogP contribution in [0.2, 0.25) is 0 Å². The molecule has 0 radical (unpaired) electrons. The minimum absolute atomic E-state index is 0.106. The number of aryl methyl sites for hydroxylation is 3. The zero-order valence-corrected chi connectivity index (χ0v) is 18.1. The Kier molecular flexibility index (Phi) is 8.25. The number of hydrogen-bond acceptors (Lipinski definition) is 3. The topological polar surface area (TPSA) is 58.6 Å². The standard InChI is InChI=1S/C24H32N2O3/c1-6-22(24(28)25-7-2)26(15-20-11-9-8-10-19(20)5)23(27)16-29-21-13-17(3)12-18(4)14-21/h8-14,22H,6-7,15-16H2,1-5H3,(H,25,28)/t22-/m1/s1. The van der Waals surface area contributed by atoms with Crippen LogP contribution in [0, 0.1) is 20.8 Å². The van der Waals surface area contributed by atoms with Gasteiger partial charge in [0.1, 0.15) is 11.8 Å². The van der Waals surface area contributed by atoms with Crippen molar-refractivity contribution in [3.05, 3.63) is 64.7 Å². The molecule has 0 spiro atoms. The molecule has 0 aliphatic carbocycles. The van der Waals surface area contributed by atoms with Gasteiger partial charge in [-0.05, 0) is 68.5 Å². The van der Waals surface area contributed by atoms with Crippen LogP contribution in [-0.2, 0) is 16.1 Å². The molecule has 2 aromatic rings. The molecule has 0 aliphatic rings. The van der Waals surface area contributed by atoms with Gasteiger partial charge in [0.25, 0.3) is 5.91 Å². The van der Waals surface area contributed by atoms with Crippen molar-refractivity contribution in [3.63, 3.8) is 0 Å². The average Bonchev–Trinajstić information content (AvgIpc) is 2.67. The van der Waals surface area contributed by atoms with Crippen molar-refractivity contribution >= 4 is 11.8 Å². The van der Waals surface area contributed by atoms with Crippen LogP contribution < -0.4 is 10.1 Å². The van der Waals surface area contributed by atoms with E-state index in [-0.39, 0.29) is 18.4 Å². The third-order valence-electron chi connectivity index (χ3n) is 4.90. The van der Waals surface area contributed by atoms with Crippen molar-refractivity contribution in [1.29, 1.82) is 0 Å². The molecule has 0 aromatic heterocycles. The number of nitrogens with zero attached hydrogens (tertiary/aromatic N) is 1. The summed E-state index contributed by atoms with van der Waals surface area (Å²) >= 11 is 0. The molecule has 0 fully saturated rings. The Morgan fingerprint density at radius 1 is 1.03 bits per heavy atom. The summed E-state index contributed by atoms with van der Waals surface area (Å²) < 4.78 is 5.79. The third kappa shape index (κ3) is 6.34. The third-order valence-corrected chi connectivity index (χ3v) is 4.90. The summed E-state index contributed by atoms with van der Waals surface area (Å²) in [6.07, 6.45) is 0.535. The summed E-state index contributed by atoms with van der Waals surface area (Å²) in [5, 5.41) is 2.85. The molecule has 0 bridgehead atoms. The van der Waals surface area contributed by atoms with Crippen molar-refractivity contribution < 1.29 is 14.3 Å². The molecule has 0 unspecified atom stereocenters. The van der Waals surface area contributed by atoms with E-state index in [4.69, 9.17) is 4.74 Å². The van der Waals surface area contributed by atoms with Crippen molar-refractivity contribution in [2.24, 2.45) is 0 Å². The van der Waals surface area contributed by atoms with E-state index in [1.54, 1.807) is 4.90 Å². The fourth-order valence-corrected chi connectivity index (χ4v) is 3.43. The molecule has 29 heavy (non-hydrogen) atoms. The lowest BCUT2D eigenvalue weighted by molar-refractivity contribution is -0.142. The molecule has 5 heteroatoms. The highest BCUT2D eigenvalue weighted by Gasteiger charge is 2.28. The Morgan fingerprint density at radius 3 is 2.28 bits per heavy atom. The molecule has 0 saturated carbocycles. The highest BCUT2D eigenvalue weighted by atomic mass is 16.5. The highest BCUT2D eigenvalue weighted by Crippen LogP contribution is 2.18. The molecule has 0 saturated heterocycles. The van der Waals surface area contributed by atoms with Crippen molar-refractivity contribution in [1.82, 2.24) is 10.2 Å². The van der Waals surface area contributed by atoms with Gasteiger partial charge in [0.2, 0.25) is 5.91 Å². The van der Waals surface area contributed by atoms with Crippen LogP contribution in [0.4, 0.5) is 0 Å². The lowest BCUT2D eigenvalue weighted by Crippen LogP contribution is -2.50. The van der Waals surface area contributed by atoms with E-state index in [9.17, 15) is 9.59 Å². The maximum absolute atomic E-state index is 13.1. The lowest BCUT2D eigenvalue weighted by atomic mass is 10.1. The molecule has 156 valence electrons. The second-order valence-corrected chi connectivity index (χ2v) is 7.38. The highest BCUT2D eigenvalue weighted by molar-refractivity contribution is 5.88. The summed E-state index contributed by atoms with van der Waals surface area (Å²) in [5.74, 6) is 0.326. The number of benzene rings is 2. The van der Waals surface area contributed by atoms with E-state index in [0.717, 1.165) is 22.3 Å². The zero-order chi connectivity index (χ0) is 21.4. The summed E-state index contributed by atoms with van der Waals surface area (Å²) in [4.78, 5) is 27.4. The Labute approximate surface area is 174 Å². The minimum Gasteiger partial charge on any atom is -0.484 e. The van der Waals surface area contributed by atoms with E-state index in [1.165, 1.54) is 0 Å². The monoisotopic (exact) mass is 396 g/mol. The molecule has 0 heterocycles. The predicted molar refractivity (Wildman–Crippen MR) is 116 cm³/mol. The van der Waals surface area contributed by atoms with Gasteiger partial charge < -0.3 is 15.0 Å². The summed E-state index contributed by atoms with van der Waals surface area (Å²) in [7, 11) is 0. The van der Waals surface area contributed by atoms with Gasteiger partial charge in [-0.1, -0.05) is 37.3 Å². The predicted octanol–water partition coefficient (Wildman–Crippen LogP) is 3.93. The first-order valence-corrected chi connectivity index (χ1v) is 10.2. The largest absolute Gasteiger partial charge is 0.484 e. The SMILES string of the molecule is CCNC(=O)[C@@H](CC)N(Cc1ccccc1C)C(=O)COc1cc(C)cc(C)c1. The van der Waals surface area contributed by atoms with Crippen molar-refractivity contribution in [2.45, 2.75) is 53.6 Å². The second kappa shape index (κ2) is 10.6. The van der Waals surface area contributed by atoms with Crippen LogP contribution in [0.25, 0.3) is 0 Å². The fraction of sp³-hybridized carbons (Fsp3) is 0.417. The van der Waals surface area contributed by atoms with E-state index < -0.39 is 6.04 Å². The van der Waals surface area contributed by atoms with Gasteiger partial charge in [0.05, 0.1) is 0 Å². The molecule has 0 aliphatic heterocycles. The van der Waals surface area contributed by atoms with Gasteiger partial charge in [-0.25, -0.2) is 0 Å². The smallest absolute Gasteiger partial charge is 0.261 e. The Bertz CT molecular complexity index is 828. The summed E-state index contributed by atoms with van der Waals surface area (Å²) in [6.45, 7) is 10.6. The molecule has 2 rings (SSSR count). The second-order valence-electron chi connectivity index (χ2n) is 7.38. The molecule has 5 nitrogen and oxygen atoms in total. The van der Waals surface area contributed by atoms with Gasteiger partial charge >= 0.3 is 0 Å². The van der Waals surface area contributed by atoms with E-state index in [2.05, 4.69) is 11.4 Å². The van der Waals surface area contributed by atoms with Gasteiger partial charge in [-0.3, -0.25) is 9.59 Å². The lowest BCUT2D eigenvalue weighted by Gasteiger charge is -2.31. The van der Waals surface area contributed by atoms with Gasteiger partial charge in [0.15, 0.2) is 6.61 Å². The summed E-state index contributed by atoms with van der Waals surface area (Å²) in [6, 6.07) is 13.3. The quantitative estimate of drug-likeness (QED) is 0.699. The normalized spacial score (nSPS) is 11.6. The molecular formula is C24H32N2O3.